The van der Waals surface area contributed by atoms with E-state index < -0.39 is 17.6 Å². The monoisotopic (exact) mass is 494 g/mol. The van der Waals surface area contributed by atoms with Gasteiger partial charge < -0.3 is 10.6 Å². The Morgan fingerprint density at radius 3 is 2.51 bits per heavy atom. The molecule has 0 atom stereocenters. The number of hydroxylamine groups is 2. The fourth-order valence-corrected chi connectivity index (χ4v) is 5.30. The highest BCUT2D eigenvalue weighted by Gasteiger charge is 2.48. The average Bonchev–Trinajstić information content (AvgIpc) is 3.16. The molecular weight excluding hydrogens is 461 g/mol. The van der Waals surface area contributed by atoms with Crippen LogP contribution in [0.1, 0.15) is 60.0 Å². The minimum Gasteiger partial charge on any atom is -0.355 e. The van der Waals surface area contributed by atoms with E-state index in [4.69, 9.17) is 9.83 Å². The van der Waals surface area contributed by atoms with Crippen LogP contribution in [-0.4, -0.2) is 61.2 Å². The topological polar surface area (TPSA) is 83.0 Å². The summed E-state index contributed by atoms with van der Waals surface area (Å²) < 4.78 is 38.9. The Labute approximate surface area is 203 Å². The number of hydrogen-bond donors (Lipinski definition) is 2. The molecule has 1 aromatic carbocycles. The molecule has 2 N–H and O–H groups in total. The van der Waals surface area contributed by atoms with Crippen LogP contribution < -0.4 is 10.6 Å². The van der Waals surface area contributed by atoms with Gasteiger partial charge in [-0.1, -0.05) is 6.07 Å². The van der Waals surface area contributed by atoms with Crippen LogP contribution in [0.15, 0.2) is 23.2 Å². The standard InChI is InChI=1S/C25H33F3N4O3/c1-16-15-19(22(33)29-2)4-3-17(16)9-14-35-32-12-10-24(11-13-32)23(34)30-21(31-24)18-5-7-20(8-6-18)25(26,27)28/h3-4,15,18,20H,5-14H2,1-2H3,(H,29,33)(H,30,31,34). The van der Waals surface area contributed by atoms with E-state index >= 15 is 0 Å². The number of halogens is 3. The summed E-state index contributed by atoms with van der Waals surface area (Å²) in [6.45, 7) is 3.56. The maximum Gasteiger partial charge on any atom is 0.391 e. The summed E-state index contributed by atoms with van der Waals surface area (Å²) in [7, 11) is 1.60. The van der Waals surface area contributed by atoms with Gasteiger partial charge in [-0.05, 0) is 75.1 Å². The van der Waals surface area contributed by atoms with Crippen LogP contribution >= 0.6 is 0 Å². The highest BCUT2D eigenvalue weighted by molar-refractivity contribution is 6.09. The molecule has 1 aromatic rings. The zero-order valence-corrected chi connectivity index (χ0v) is 20.2. The van der Waals surface area contributed by atoms with E-state index in [1.54, 1.807) is 13.1 Å². The molecule has 1 saturated heterocycles. The Kier molecular flexibility index (Phi) is 7.51. The van der Waals surface area contributed by atoms with E-state index in [1.807, 2.05) is 24.1 Å². The molecule has 35 heavy (non-hydrogen) atoms. The molecule has 0 aromatic heterocycles. The second kappa shape index (κ2) is 10.3. The zero-order valence-electron chi connectivity index (χ0n) is 20.2. The van der Waals surface area contributed by atoms with E-state index in [1.165, 1.54) is 0 Å². The quantitative estimate of drug-likeness (QED) is 0.634. The number of alkyl halides is 3. The third-order valence-corrected chi connectivity index (χ3v) is 7.60. The lowest BCUT2D eigenvalue weighted by atomic mass is 9.81. The fraction of sp³-hybridized carbons (Fsp3) is 0.640. The highest BCUT2D eigenvalue weighted by atomic mass is 19.4. The maximum atomic E-state index is 13.0. The van der Waals surface area contributed by atoms with E-state index in [9.17, 15) is 22.8 Å². The number of carbonyl (C=O) groups excluding carboxylic acids is 2. The van der Waals surface area contributed by atoms with Crippen LogP contribution in [0, 0.1) is 18.8 Å². The first-order valence-corrected chi connectivity index (χ1v) is 12.3. The summed E-state index contributed by atoms with van der Waals surface area (Å²) in [6, 6.07) is 5.61. The molecule has 2 fully saturated rings. The van der Waals surface area contributed by atoms with Crippen LogP contribution in [-0.2, 0) is 16.1 Å². The van der Waals surface area contributed by atoms with Crippen LogP contribution in [0.3, 0.4) is 0 Å². The number of aryl methyl sites for hydroxylation is 1. The number of nitrogens with one attached hydrogen (secondary N) is 2. The lowest BCUT2D eigenvalue weighted by Crippen LogP contribution is -2.49. The molecule has 0 bridgehead atoms. The molecule has 7 nitrogen and oxygen atoms in total. The Morgan fingerprint density at radius 1 is 1.23 bits per heavy atom. The molecule has 2 amide bonds. The van der Waals surface area contributed by atoms with Gasteiger partial charge in [-0.15, -0.1) is 0 Å². The SMILES string of the molecule is CNC(=O)c1ccc(CCON2CCC3(CC2)N=C(C2CCC(C(F)(F)F)CC2)NC3=O)c(C)c1. The molecule has 3 aliphatic rings. The Morgan fingerprint density at radius 2 is 1.91 bits per heavy atom. The van der Waals surface area contributed by atoms with E-state index in [2.05, 4.69) is 10.6 Å². The Balaban J connectivity index is 1.26. The van der Waals surface area contributed by atoms with Crippen molar-refractivity contribution in [2.45, 2.75) is 63.6 Å². The molecule has 1 saturated carbocycles. The highest BCUT2D eigenvalue weighted by Crippen LogP contribution is 2.41. The average molecular weight is 495 g/mol. The predicted octanol–water partition coefficient (Wildman–Crippen LogP) is 3.56. The van der Waals surface area contributed by atoms with Gasteiger partial charge in [0, 0.05) is 31.6 Å². The van der Waals surface area contributed by atoms with Crippen molar-refractivity contribution < 1.29 is 27.6 Å². The molecule has 192 valence electrons. The van der Waals surface area contributed by atoms with Crippen LogP contribution in [0.2, 0.25) is 0 Å². The number of benzene rings is 1. The van der Waals surface area contributed by atoms with Crippen molar-refractivity contribution in [1.82, 2.24) is 15.7 Å². The molecular formula is C25H33F3N4O3. The summed E-state index contributed by atoms with van der Waals surface area (Å²) in [5, 5.41) is 7.36. The van der Waals surface area contributed by atoms with Crippen molar-refractivity contribution in [1.29, 1.82) is 0 Å². The van der Waals surface area contributed by atoms with E-state index in [-0.39, 0.29) is 30.6 Å². The van der Waals surface area contributed by atoms with Gasteiger partial charge in [-0.25, -0.2) is 0 Å². The van der Waals surface area contributed by atoms with Gasteiger partial charge in [0.1, 0.15) is 11.4 Å². The zero-order chi connectivity index (χ0) is 25.2. The smallest absolute Gasteiger partial charge is 0.355 e. The van der Waals surface area contributed by atoms with Gasteiger partial charge in [0.2, 0.25) is 0 Å². The number of amides is 2. The predicted molar refractivity (Wildman–Crippen MR) is 125 cm³/mol. The van der Waals surface area contributed by atoms with Gasteiger partial charge in [0.25, 0.3) is 11.8 Å². The molecule has 0 radical (unpaired) electrons. The van der Waals surface area contributed by atoms with Crippen LogP contribution in [0.5, 0.6) is 0 Å². The first-order chi connectivity index (χ1) is 16.6. The third kappa shape index (κ3) is 5.69. The first kappa shape index (κ1) is 25.6. The van der Waals surface area contributed by atoms with Gasteiger partial charge in [0.05, 0.1) is 12.5 Å². The normalized spacial score (nSPS) is 24.8. The summed E-state index contributed by atoms with van der Waals surface area (Å²) in [5.74, 6) is -1.04. The molecule has 1 aliphatic carbocycles. The van der Waals surface area contributed by atoms with Gasteiger partial charge >= 0.3 is 6.18 Å². The molecule has 2 aliphatic heterocycles. The summed E-state index contributed by atoms with van der Waals surface area (Å²) in [5.41, 5.74) is 1.93. The number of carbonyl (C=O) groups is 2. The van der Waals surface area contributed by atoms with Gasteiger partial charge in [-0.2, -0.15) is 18.2 Å². The van der Waals surface area contributed by atoms with Crippen molar-refractivity contribution >= 4 is 17.6 Å². The lowest BCUT2D eigenvalue weighted by molar-refractivity contribution is -0.182. The molecule has 10 heteroatoms. The van der Waals surface area contributed by atoms with Crippen LogP contribution in [0.4, 0.5) is 13.2 Å². The van der Waals surface area contributed by atoms with E-state index in [0.29, 0.717) is 63.2 Å². The minimum atomic E-state index is -4.15. The van der Waals surface area contributed by atoms with Gasteiger partial charge in [-0.3, -0.25) is 19.4 Å². The number of amidine groups is 1. The summed E-state index contributed by atoms with van der Waals surface area (Å²) in [6.07, 6.45) is -1.44. The summed E-state index contributed by atoms with van der Waals surface area (Å²) >= 11 is 0. The number of hydrogen-bond acceptors (Lipinski definition) is 5. The molecule has 1 spiro atoms. The number of aliphatic imine (C=N–C) groups is 1. The molecule has 2 heterocycles. The molecule has 4 rings (SSSR count). The second-order valence-corrected chi connectivity index (χ2v) is 9.81. The first-order valence-electron chi connectivity index (χ1n) is 12.3. The summed E-state index contributed by atoms with van der Waals surface area (Å²) in [4.78, 5) is 35.2. The van der Waals surface area contributed by atoms with E-state index in [0.717, 1.165) is 11.1 Å². The van der Waals surface area contributed by atoms with Crippen molar-refractivity contribution in [3.05, 3.63) is 34.9 Å². The number of nitrogens with zero attached hydrogens (tertiary/aromatic N) is 2. The Hall–Kier alpha value is -2.46. The lowest BCUT2D eigenvalue weighted by Gasteiger charge is -2.34. The maximum absolute atomic E-state index is 13.0. The number of piperidine rings is 1. The van der Waals surface area contributed by atoms with Crippen LogP contribution in [0.25, 0.3) is 0 Å². The largest absolute Gasteiger partial charge is 0.391 e. The van der Waals surface area contributed by atoms with Crippen molar-refractivity contribution in [2.24, 2.45) is 16.8 Å². The van der Waals surface area contributed by atoms with Crippen molar-refractivity contribution in [2.75, 3.05) is 26.7 Å². The Bertz CT molecular complexity index is 979. The number of rotatable bonds is 6. The fourth-order valence-electron chi connectivity index (χ4n) is 5.30. The van der Waals surface area contributed by atoms with Gasteiger partial charge in [0.15, 0.2) is 0 Å². The third-order valence-electron chi connectivity index (χ3n) is 7.60. The van der Waals surface area contributed by atoms with Crippen molar-refractivity contribution in [3.63, 3.8) is 0 Å². The second-order valence-electron chi connectivity index (χ2n) is 9.81. The van der Waals surface area contributed by atoms with Crippen molar-refractivity contribution in [3.8, 4) is 0 Å². The molecule has 0 unspecified atom stereocenters. The minimum absolute atomic E-state index is 0.0890.